The Morgan fingerprint density at radius 1 is 1.32 bits per heavy atom. The first-order valence-corrected chi connectivity index (χ1v) is 8.09. The van der Waals surface area contributed by atoms with E-state index in [4.69, 9.17) is 5.73 Å². The first-order chi connectivity index (χ1) is 9.17. The van der Waals surface area contributed by atoms with E-state index in [1.807, 2.05) is 31.2 Å². The van der Waals surface area contributed by atoms with Gasteiger partial charge in [0.2, 0.25) is 5.91 Å². The molecular formula is C14H22N2O2S. The van der Waals surface area contributed by atoms with Gasteiger partial charge in [0.1, 0.15) is 0 Å². The quantitative estimate of drug-likeness (QED) is 0.766. The minimum Gasteiger partial charge on any atom is -0.326 e. The maximum Gasteiger partial charge on any atom is 0.224 e. The monoisotopic (exact) mass is 282 g/mol. The standard InChI is InChI=1S/C14H22N2O2S/c1-2-9-19(18)10-5-8-14(17)16-13-7-4-3-6-12(13)11-15/h3-4,6-7H,2,5,8-11,15H2,1H3,(H,16,17). The molecule has 0 aliphatic rings. The maximum absolute atomic E-state index is 11.8. The van der Waals surface area contributed by atoms with E-state index < -0.39 is 10.8 Å². The lowest BCUT2D eigenvalue weighted by molar-refractivity contribution is -0.116. The van der Waals surface area contributed by atoms with Crippen LogP contribution < -0.4 is 11.1 Å². The number of hydrogen-bond donors (Lipinski definition) is 2. The Bertz CT molecular complexity index is 435. The van der Waals surface area contributed by atoms with Crippen LogP contribution in [0, 0.1) is 0 Å². The average Bonchev–Trinajstić information content (AvgIpc) is 2.39. The highest BCUT2D eigenvalue weighted by molar-refractivity contribution is 7.84. The Hall–Kier alpha value is -1.20. The van der Waals surface area contributed by atoms with Gasteiger partial charge in [-0.2, -0.15) is 0 Å². The Balaban J connectivity index is 2.37. The summed E-state index contributed by atoms with van der Waals surface area (Å²) in [5.74, 6) is 1.27. The normalized spacial score (nSPS) is 12.1. The molecule has 5 heteroatoms. The number of nitrogens with two attached hydrogens (primary N) is 1. The van der Waals surface area contributed by atoms with Gasteiger partial charge in [-0.1, -0.05) is 25.1 Å². The van der Waals surface area contributed by atoms with E-state index >= 15 is 0 Å². The molecule has 0 saturated heterocycles. The number of anilines is 1. The van der Waals surface area contributed by atoms with Crippen molar-refractivity contribution in [2.75, 3.05) is 16.8 Å². The van der Waals surface area contributed by atoms with Crippen LogP contribution in [0.1, 0.15) is 31.7 Å². The zero-order valence-electron chi connectivity index (χ0n) is 11.4. The van der Waals surface area contributed by atoms with Crippen LogP contribution in [0.15, 0.2) is 24.3 Å². The van der Waals surface area contributed by atoms with Crippen molar-refractivity contribution in [3.63, 3.8) is 0 Å². The van der Waals surface area contributed by atoms with Gasteiger partial charge in [-0.25, -0.2) is 0 Å². The van der Waals surface area contributed by atoms with Crippen LogP contribution in [-0.4, -0.2) is 21.6 Å². The first-order valence-electron chi connectivity index (χ1n) is 6.60. The van der Waals surface area contributed by atoms with Gasteiger partial charge in [-0.15, -0.1) is 0 Å². The number of rotatable bonds is 8. The first kappa shape index (κ1) is 15.9. The topological polar surface area (TPSA) is 72.2 Å². The molecule has 1 rings (SSSR count). The van der Waals surface area contributed by atoms with Crippen molar-refractivity contribution in [1.82, 2.24) is 0 Å². The predicted octanol–water partition coefficient (Wildman–Crippen LogP) is 2.02. The number of nitrogens with one attached hydrogen (secondary N) is 1. The van der Waals surface area contributed by atoms with E-state index in [0.29, 0.717) is 25.1 Å². The summed E-state index contributed by atoms with van der Waals surface area (Å²) in [5, 5.41) is 2.85. The van der Waals surface area contributed by atoms with E-state index in [-0.39, 0.29) is 5.91 Å². The number of para-hydroxylation sites is 1. The average molecular weight is 282 g/mol. The van der Waals surface area contributed by atoms with Gasteiger partial charge in [-0.3, -0.25) is 9.00 Å². The zero-order chi connectivity index (χ0) is 14.1. The molecule has 0 aromatic heterocycles. The Labute approximate surface area is 117 Å². The van der Waals surface area contributed by atoms with Crippen molar-refractivity contribution < 1.29 is 9.00 Å². The van der Waals surface area contributed by atoms with Crippen molar-refractivity contribution >= 4 is 22.4 Å². The smallest absolute Gasteiger partial charge is 0.224 e. The highest BCUT2D eigenvalue weighted by atomic mass is 32.2. The maximum atomic E-state index is 11.8. The van der Waals surface area contributed by atoms with Gasteiger partial charge in [0.05, 0.1) is 0 Å². The minimum absolute atomic E-state index is 0.0469. The molecule has 0 aliphatic heterocycles. The van der Waals surface area contributed by atoms with Crippen molar-refractivity contribution in [3.05, 3.63) is 29.8 Å². The summed E-state index contributed by atoms with van der Waals surface area (Å²) in [7, 11) is -0.789. The molecule has 1 aromatic rings. The Morgan fingerprint density at radius 3 is 2.74 bits per heavy atom. The fourth-order valence-corrected chi connectivity index (χ4v) is 2.88. The highest BCUT2D eigenvalue weighted by Gasteiger charge is 2.06. The zero-order valence-corrected chi connectivity index (χ0v) is 12.2. The lowest BCUT2D eigenvalue weighted by atomic mass is 10.1. The molecule has 0 saturated carbocycles. The van der Waals surface area contributed by atoms with E-state index in [1.54, 1.807) is 0 Å². The lowest BCUT2D eigenvalue weighted by Crippen LogP contribution is -2.15. The summed E-state index contributed by atoms with van der Waals surface area (Å²) >= 11 is 0. The second-order valence-electron chi connectivity index (χ2n) is 4.36. The summed E-state index contributed by atoms with van der Waals surface area (Å²) in [6.07, 6.45) is 1.97. The lowest BCUT2D eigenvalue weighted by Gasteiger charge is -2.09. The second-order valence-corrected chi connectivity index (χ2v) is 6.06. The third-order valence-electron chi connectivity index (χ3n) is 2.72. The molecule has 4 nitrogen and oxygen atoms in total. The van der Waals surface area contributed by atoms with E-state index in [0.717, 1.165) is 23.4 Å². The molecule has 1 atom stereocenters. The van der Waals surface area contributed by atoms with Crippen LogP contribution in [0.4, 0.5) is 5.69 Å². The summed E-state index contributed by atoms with van der Waals surface area (Å²) in [6.45, 7) is 2.41. The molecule has 1 unspecified atom stereocenters. The van der Waals surface area contributed by atoms with Crippen LogP contribution in [0.5, 0.6) is 0 Å². The third kappa shape index (κ3) is 5.98. The van der Waals surface area contributed by atoms with Gasteiger partial charge in [0, 0.05) is 41.0 Å². The van der Waals surface area contributed by atoms with Gasteiger partial charge in [-0.05, 0) is 24.5 Å². The Kier molecular flexibility index (Phi) is 7.36. The van der Waals surface area contributed by atoms with Crippen LogP contribution in [-0.2, 0) is 22.1 Å². The highest BCUT2D eigenvalue weighted by Crippen LogP contribution is 2.14. The molecule has 19 heavy (non-hydrogen) atoms. The van der Waals surface area contributed by atoms with E-state index in [1.165, 1.54) is 0 Å². The Morgan fingerprint density at radius 2 is 2.05 bits per heavy atom. The largest absolute Gasteiger partial charge is 0.326 e. The predicted molar refractivity (Wildman–Crippen MR) is 80.4 cm³/mol. The van der Waals surface area contributed by atoms with Crippen LogP contribution >= 0.6 is 0 Å². The number of amides is 1. The molecule has 3 N–H and O–H groups in total. The molecule has 0 fully saturated rings. The molecule has 0 heterocycles. The minimum atomic E-state index is -0.789. The van der Waals surface area contributed by atoms with E-state index in [9.17, 15) is 9.00 Å². The summed E-state index contributed by atoms with van der Waals surface area (Å²) in [5.41, 5.74) is 7.30. The van der Waals surface area contributed by atoms with Gasteiger partial charge < -0.3 is 11.1 Å². The molecule has 1 amide bonds. The van der Waals surface area contributed by atoms with E-state index in [2.05, 4.69) is 5.32 Å². The van der Waals surface area contributed by atoms with Crippen molar-refractivity contribution in [3.8, 4) is 0 Å². The summed E-state index contributed by atoms with van der Waals surface area (Å²) < 4.78 is 11.4. The molecule has 0 aliphatic carbocycles. The fraction of sp³-hybridized carbons (Fsp3) is 0.500. The third-order valence-corrected chi connectivity index (χ3v) is 4.33. The van der Waals surface area contributed by atoms with Gasteiger partial charge in [0.15, 0.2) is 0 Å². The number of carbonyl (C=O) groups is 1. The number of hydrogen-bond acceptors (Lipinski definition) is 3. The van der Waals surface area contributed by atoms with Gasteiger partial charge in [0.25, 0.3) is 0 Å². The van der Waals surface area contributed by atoms with Crippen molar-refractivity contribution in [1.29, 1.82) is 0 Å². The molecule has 1 aromatic carbocycles. The molecule has 0 radical (unpaired) electrons. The van der Waals surface area contributed by atoms with Crippen LogP contribution in [0.2, 0.25) is 0 Å². The van der Waals surface area contributed by atoms with Crippen LogP contribution in [0.3, 0.4) is 0 Å². The SMILES string of the molecule is CCCS(=O)CCCC(=O)Nc1ccccc1CN. The molecule has 106 valence electrons. The molecular weight excluding hydrogens is 260 g/mol. The molecule has 0 bridgehead atoms. The van der Waals surface area contributed by atoms with Crippen molar-refractivity contribution in [2.45, 2.75) is 32.7 Å². The van der Waals surface area contributed by atoms with Crippen molar-refractivity contribution in [2.24, 2.45) is 5.73 Å². The summed E-state index contributed by atoms with van der Waals surface area (Å²) in [6, 6.07) is 7.50. The number of carbonyl (C=O) groups excluding carboxylic acids is 1. The molecule has 0 spiro atoms. The number of benzene rings is 1. The second kappa shape index (κ2) is 8.82. The summed E-state index contributed by atoms with van der Waals surface area (Å²) in [4.78, 5) is 11.8. The fourth-order valence-electron chi connectivity index (χ4n) is 1.76. The van der Waals surface area contributed by atoms with Gasteiger partial charge >= 0.3 is 0 Å². The van der Waals surface area contributed by atoms with Crippen LogP contribution in [0.25, 0.3) is 0 Å².